The summed E-state index contributed by atoms with van der Waals surface area (Å²) in [7, 11) is 0. The van der Waals surface area contributed by atoms with Crippen LogP contribution in [-0.4, -0.2) is 23.9 Å². The summed E-state index contributed by atoms with van der Waals surface area (Å²) in [5, 5.41) is 10.4. The highest BCUT2D eigenvalue weighted by atomic mass is 16.5. The van der Waals surface area contributed by atoms with E-state index in [1.54, 1.807) is 0 Å². The van der Waals surface area contributed by atoms with Crippen molar-refractivity contribution in [2.45, 2.75) is 76.7 Å². The molecular weight excluding hydrogens is 224 g/mol. The number of hydrogen-bond donors (Lipinski definition) is 1. The fourth-order valence-electron chi connectivity index (χ4n) is 3.39. The molecule has 1 unspecified atom stereocenters. The SMILES string of the molecule is CC(O)(CCCCC1CCOCC1)CC1CCC1. The Labute approximate surface area is 112 Å². The lowest BCUT2D eigenvalue weighted by molar-refractivity contribution is 0.00936. The van der Waals surface area contributed by atoms with Gasteiger partial charge in [-0.15, -0.1) is 0 Å². The Bertz CT molecular complexity index is 227. The molecule has 0 aromatic rings. The number of ether oxygens (including phenoxy) is 1. The molecule has 1 aliphatic carbocycles. The van der Waals surface area contributed by atoms with Crippen LogP contribution in [0.4, 0.5) is 0 Å². The summed E-state index contributed by atoms with van der Waals surface area (Å²) >= 11 is 0. The molecule has 0 amide bonds. The molecule has 0 radical (unpaired) electrons. The van der Waals surface area contributed by atoms with Crippen LogP contribution in [0.1, 0.15) is 71.1 Å². The van der Waals surface area contributed by atoms with E-state index in [-0.39, 0.29) is 0 Å². The lowest BCUT2D eigenvalue weighted by Crippen LogP contribution is -2.30. The summed E-state index contributed by atoms with van der Waals surface area (Å²) in [6.07, 6.45) is 12.4. The van der Waals surface area contributed by atoms with Gasteiger partial charge in [-0.1, -0.05) is 38.5 Å². The van der Waals surface area contributed by atoms with Crippen molar-refractivity contribution in [1.29, 1.82) is 0 Å². The average Bonchev–Trinajstić information content (AvgIpc) is 2.31. The molecule has 1 aliphatic heterocycles. The highest BCUT2D eigenvalue weighted by molar-refractivity contribution is 4.81. The highest BCUT2D eigenvalue weighted by Crippen LogP contribution is 2.35. The van der Waals surface area contributed by atoms with Crippen molar-refractivity contribution in [3.63, 3.8) is 0 Å². The molecule has 0 aromatic carbocycles. The maximum absolute atomic E-state index is 10.4. The molecule has 1 N–H and O–H groups in total. The summed E-state index contributed by atoms with van der Waals surface area (Å²) in [4.78, 5) is 0. The zero-order valence-electron chi connectivity index (χ0n) is 12.0. The minimum absolute atomic E-state index is 0.402. The van der Waals surface area contributed by atoms with E-state index in [1.165, 1.54) is 51.4 Å². The Kier molecular flexibility index (Phi) is 5.50. The van der Waals surface area contributed by atoms with Gasteiger partial charge in [0.1, 0.15) is 0 Å². The van der Waals surface area contributed by atoms with Crippen molar-refractivity contribution in [1.82, 2.24) is 0 Å². The van der Waals surface area contributed by atoms with Crippen LogP contribution in [0.25, 0.3) is 0 Å². The van der Waals surface area contributed by atoms with Gasteiger partial charge in [0.25, 0.3) is 0 Å². The van der Waals surface area contributed by atoms with Crippen LogP contribution in [0.2, 0.25) is 0 Å². The third kappa shape index (κ3) is 4.89. The molecule has 1 saturated heterocycles. The third-order valence-corrected chi connectivity index (χ3v) is 4.87. The first-order valence-corrected chi connectivity index (χ1v) is 7.96. The van der Waals surface area contributed by atoms with Gasteiger partial charge >= 0.3 is 0 Å². The molecule has 1 heterocycles. The lowest BCUT2D eigenvalue weighted by Gasteiger charge is -2.33. The summed E-state index contributed by atoms with van der Waals surface area (Å²) in [6.45, 7) is 3.97. The van der Waals surface area contributed by atoms with E-state index in [2.05, 4.69) is 0 Å². The van der Waals surface area contributed by atoms with Gasteiger partial charge in [0.15, 0.2) is 0 Å². The molecule has 2 rings (SSSR count). The Morgan fingerprint density at radius 3 is 2.39 bits per heavy atom. The molecule has 2 nitrogen and oxygen atoms in total. The van der Waals surface area contributed by atoms with Crippen LogP contribution < -0.4 is 0 Å². The smallest absolute Gasteiger partial charge is 0.0622 e. The maximum atomic E-state index is 10.4. The van der Waals surface area contributed by atoms with E-state index < -0.39 is 5.60 Å². The molecule has 0 aromatic heterocycles. The molecule has 0 bridgehead atoms. The number of hydrogen-bond acceptors (Lipinski definition) is 2. The number of unbranched alkanes of at least 4 members (excludes halogenated alkanes) is 1. The van der Waals surface area contributed by atoms with E-state index in [0.717, 1.165) is 37.9 Å². The van der Waals surface area contributed by atoms with Gasteiger partial charge in [-0.3, -0.25) is 0 Å². The predicted molar refractivity (Wildman–Crippen MR) is 74.6 cm³/mol. The quantitative estimate of drug-likeness (QED) is 0.698. The van der Waals surface area contributed by atoms with Gasteiger partial charge in [-0.2, -0.15) is 0 Å². The van der Waals surface area contributed by atoms with E-state index in [0.29, 0.717) is 0 Å². The second-order valence-electron chi connectivity index (χ2n) is 6.80. The molecule has 2 heteroatoms. The zero-order valence-corrected chi connectivity index (χ0v) is 12.0. The van der Waals surface area contributed by atoms with E-state index in [1.807, 2.05) is 6.92 Å². The van der Waals surface area contributed by atoms with Crippen LogP contribution in [0, 0.1) is 11.8 Å². The fraction of sp³-hybridized carbons (Fsp3) is 1.00. The molecular formula is C16H30O2. The van der Waals surface area contributed by atoms with Gasteiger partial charge in [-0.05, 0) is 44.4 Å². The van der Waals surface area contributed by atoms with Gasteiger partial charge in [0, 0.05) is 13.2 Å². The molecule has 2 aliphatic rings. The van der Waals surface area contributed by atoms with Crippen LogP contribution in [0.15, 0.2) is 0 Å². The second-order valence-corrected chi connectivity index (χ2v) is 6.80. The minimum atomic E-state index is -0.402. The van der Waals surface area contributed by atoms with Crippen molar-refractivity contribution in [3.05, 3.63) is 0 Å². The predicted octanol–water partition coefficient (Wildman–Crippen LogP) is 3.91. The second kappa shape index (κ2) is 6.91. The van der Waals surface area contributed by atoms with Gasteiger partial charge < -0.3 is 9.84 Å². The van der Waals surface area contributed by atoms with E-state index in [9.17, 15) is 5.11 Å². The molecule has 18 heavy (non-hydrogen) atoms. The Morgan fingerprint density at radius 2 is 1.78 bits per heavy atom. The average molecular weight is 254 g/mol. The largest absolute Gasteiger partial charge is 0.390 e. The Balaban J connectivity index is 1.53. The van der Waals surface area contributed by atoms with Crippen molar-refractivity contribution in [2.24, 2.45) is 11.8 Å². The number of aliphatic hydroxyl groups is 1. The molecule has 0 spiro atoms. The first-order chi connectivity index (χ1) is 8.66. The first-order valence-electron chi connectivity index (χ1n) is 7.96. The van der Waals surface area contributed by atoms with Crippen LogP contribution >= 0.6 is 0 Å². The minimum Gasteiger partial charge on any atom is -0.390 e. The lowest BCUT2D eigenvalue weighted by atomic mass is 9.76. The van der Waals surface area contributed by atoms with Gasteiger partial charge in [0.05, 0.1) is 5.60 Å². The maximum Gasteiger partial charge on any atom is 0.0622 e. The van der Waals surface area contributed by atoms with Gasteiger partial charge in [0.2, 0.25) is 0 Å². The van der Waals surface area contributed by atoms with E-state index in [4.69, 9.17) is 4.74 Å². The molecule has 2 fully saturated rings. The van der Waals surface area contributed by atoms with Crippen molar-refractivity contribution >= 4 is 0 Å². The monoisotopic (exact) mass is 254 g/mol. The fourth-order valence-corrected chi connectivity index (χ4v) is 3.39. The third-order valence-electron chi connectivity index (χ3n) is 4.87. The standard InChI is InChI=1S/C16H30O2/c1-16(17,13-15-6-4-7-15)10-3-2-5-14-8-11-18-12-9-14/h14-15,17H,2-13H2,1H3. The topological polar surface area (TPSA) is 29.5 Å². The Morgan fingerprint density at radius 1 is 1.06 bits per heavy atom. The molecule has 106 valence electrons. The zero-order chi connectivity index (χ0) is 12.8. The molecule has 1 saturated carbocycles. The molecule has 1 atom stereocenters. The highest BCUT2D eigenvalue weighted by Gasteiger charge is 2.28. The summed E-state index contributed by atoms with van der Waals surface area (Å²) in [5.74, 6) is 1.70. The van der Waals surface area contributed by atoms with Gasteiger partial charge in [-0.25, -0.2) is 0 Å². The van der Waals surface area contributed by atoms with Crippen molar-refractivity contribution < 1.29 is 9.84 Å². The first kappa shape index (κ1) is 14.3. The summed E-state index contributed by atoms with van der Waals surface area (Å²) < 4.78 is 5.38. The summed E-state index contributed by atoms with van der Waals surface area (Å²) in [6, 6.07) is 0. The summed E-state index contributed by atoms with van der Waals surface area (Å²) in [5.41, 5.74) is -0.402. The van der Waals surface area contributed by atoms with Crippen LogP contribution in [-0.2, 0) is 4.74 Å². The van der Waals surface area contributed by atoms with Crippen molar-refractivity contribution in [2.75, 3.05) is 13.2 Å². The van der Waals surface area contributed by atoms with E-state index >= 15 is 0 Å². The van der Waals surface area contributed by atoms with Crippen molar-refractivity contribution in [3.8, 4) is 0 Å². The Hall–Kier alpha value is -0.0800. The van der Waals surface area contributed by atoms with Crippen LogP contribution in [0.3, 0.4) is 0 Å². The normalized spacial score (nSPS) is 25.7. The van der Waals surface area contributed by atoms with Crippen LogP contribution in [0.5, 0.6) is 0 Å². The number of rotatable bonds is 7.